The van der Waals surface area contributed by atoms with Crippen LogP contribution < -0.4 is 5.30 Å². The average Bonchev–Trinajstić information content (AvgIpc) is 2.33. The Kier molecular flexibility index (Phi) is 6.07. The smallest absolute Gasteiger partial charge is 0.321 e. The summed E-state index contributed by atoms with van der Waals surface area (Å²) in [6.07, 6.45) is 5.28. The van der Waals surface area contributed by atoms with E-state index in [2.05, 4.69) is 13.8 Å². The predicted molar refractivity (Wildman–Crippen MR) is 75.1 cm³/mol. The van der Waals surface area contributed by atoms with E-state index in [9.17, 15) is 14.4 Å². The maximum absolute atomic E-state index is 11.4. The molecule has 0 radical (unpaired) electrons. The molecule has 1 aromatic rings. The molecule has 102 valence electrons. The third-order valence-corrected chi connectivity index (χ3v) is 4.42. The number of hydrogen-bond donors (Lipinski definition) is 2. The molecule has 1 unspecified atom stereocenters. The lowest BCUT2D eigenvalue weighted by molar-refractivity contribution is 0.386. The van der Waals surface area contributed by atoms with Crippen molar-refractivity contribution in [3.8, 4) is 0 Å². The fraction of sp³-hybridized carbons (Fsp3) is 0.571. The first kappa shape index (κ1) is 15.4. The summed E-state index contributed by atoms with van der Waals surface area (Å²) in [6.45, 7) is 4.30. The zero-order chi connectivity index (χ0) is 13.6. The lowest BCUT2D eigenvalue weighted by atomic mass is 9.92. The van der Waals surface area contributed by atoms with Gasteiger partial charge in [0.25, 0.3) is 0 Å². The third-order valence-electron chi connectivity index (χ3n) is 3.36. The molecule has 1 rings (SSSR count). The molecule has 4 heteroatoms. The molecule has 0 aromatic heterocycles. The van der Waals surface area contributed by atoms with Gasteiger partial charge in [-0.2, -0.15) is 0 Å². The van der Waals surface area contributed by atoms with Gasteiger partial charge in [-0.3, -0.25) is 4.57 Å². The summed E-state index contributed by atoms with van der Waals surface area (Å²) in [5.41, 5.74) is 0.800. The number of benzene rings is 1. The Morgan fingerprint density at radius 1 is 1.22 bits per heavy atom. The van der Waals surface area contributed by atoms with E-state index >= 15 is 0 Å². The first-order valence-electron chi connectivity index (χ1n) is 6.63. The summed E-state index contributed by atoms with van der Waals surface area (Å²) in [7, 11) is -4.15. The van der Waals surface area contributed by atoms with Gasteiger partial charge in [0, 0.05) is 0 Å². The zero-order valence-electron chi connectivity index (χ0n) is 11.2. The lowest BCUT2D eigenvalue weighted by Gasteiger charge is -2.17. The largest absolute Gasteiger partial charge is 0.356 e. The van der Waals surface area contributed by atoms with E-state index in [1.165, 1.54) is 6.42 Å². The van der Waals surface area contributed by atoms with E-state index in [-0.39, 0.29) is 5.30 Å². The van der Waals surface area contributed by atoms with Crippen molar-refractivity contribution in [1.82, 2.24) is 0 Å². The van der Waals surface area contributed by atoms with E-state index in [1.54, 1.807) is 12.1 Å². The highest BCUT2D eigenvalue weighted by Gasteiger charge is 2.22. The van der Waals surface area contributed by atoms with Crippen molar-refractivity contribution < 1.29 is 14.4 Å². The Morgan fingerprint density at radius 3 is 2.44 bits per heavy atom. The number of hydrogen-bond acceptors (Lipinski definition) is 1. The Morgan fingerprint density at radius 2 is 1.89 bits per heavy atom. The van der Waals surface area contributed by atoms with Crippen LogP contribution in [-0.2, 0) is 11.0 Å². The molecule has 0 aliphatic heterocycles. The van der Waals surface area contributed by atoms with Crippen molar-refractivity contribution in [3.05, 3.63) is 29.8 Å². The molecule has 1 atom stereocenters. The van der Waals surface area contributed by atoms with Gasteiger partial charge in [-0.1, -0.05) is 57.7 Å². The van der Waals surface area contributed by atoms with Gasteiger partial charge in [0.05, 0.1) is 5.30 Å². The fourth-order valence-corrected chi connectivity index (χ4v) is 3.04. The van der Waals surface area contributed by atoms with E-state index in [0.717, 1.165) is 31.2 Å². The summed E-state index contributed by atoms with van der Waals surface area (Å²) in [5.74, 6) is 0.512. The molecule has 0 saturated carbocycles. The second kappa shape index (κ2) is 7.08. The maximum Gasteiger partial charge on any atom is 0.356 e. The van der Waals surface area contributed by atoms with Crippen LogP contribution in [0.4, 0.5) is 0 Å². The van der Waals surface area contributed by atoms with Gasteiger partial charge in [0.1, 0.15) is 0 Å². The van der Waals surface area contributed by atoms with Crippen LogP contribution in [0.5, 0.6) is 0 Å². The van der Waals surface area contributed by atoms with Crippen LogP contribution in [0.3, 0.4) is 0 Å². The van der Waals surface area contributed by atoms with E-state index in [0.29, 0.717) is 5.92 Å². The predicted octanol–water partition coefficient (Wildman–Crippen LogP) is 3.25. The Hall–Kier alpha value is -0.630. The molecule has 0 fully saturated rings. The Balaban J connectivity index is 2.86. The molecule has 0 bridgehead atoms. The number of rotatable bonds is 7. The molecule has 0 aliphatic rings. The van der Waals surface area contributed by atoms with Crippen molar-refractivity contribution in [3.63, 3.8) is 0 Å². The van der Waals surface area contributed by atoms with Gasteiger partial charge >= 0.3 is 7.60 Å². The van der Waals surface area contributed by atoms with Crippen LogP contribution in [-0.4, -0.2) is 9.79 Å². The highest BCUT2D eigenvalue weighted by atomic mass is 31.2. The van der Waals surface area contributed by atoms with Gasteiger partial charge in [0.2, 0.25) is 0 Å². The fourth-order valence-electron chi connectivity index (χ4n) is 2.22. The van der Waals surface area contributed by atoms with Crippen molar-refractivity contribution in [2.24, 2.45) is 5.92 Å². The molecule has 0 amide bonds. The molecule has 0 aliphatic carbocycles. The molecule has 0 saturated heterocycles. The molecule has 18 heavy (non-hydrogen) atoms. The summed E-state index contributed by atoms with van der Waals surface area (Å²) in [6, 6.07) is 6.91. The number of unbranched alkanes of at least 4 members (excludes halogenated alkanes) is 1. The second-order valence-corrected chi connectivity index (χ2v) is 6.36. The van der Waals surface area contributed by atoms with Crippen LogP contribution in [0.1, 0.15) is 45.1 Å². The van der Waals surface area contributed by atoms with Crippen LogP contribution in [0.2, 0.25) is 0 Å². The maximum atomic E-state index is 11.4. The first-order valence-corrected chi connectivity index (χ1v) is 8.24. The topological polar surface area (TPSA) is 57.5 Å². The van der Waals surface area contributed by atoms with Gasteiger partial charge in [0.15, 0.2) is 0 Å². The van der Waals surface area contributed by atoms with Crippen LogP contribution in [0.25, 0.3) is 0 Å². The Labute approximate surface area is 109 Å². The monoisotopic (exact) mass is 270 g/mol. The summed E-state index contributed by atoms with van der Waals surface area (Å²) in [4.78, 5) is 18.7. The van der Waals surface area contributed by atoms with Gasteiger partial charge in [-0.05, 0) is 24.0 Å². The standard InChI is InChI=1S/C14H23O3P/c1-3-5-8-12(4-2)11-13-9-6-7-10-14(13)18(15,16)17/h6-7,9-10,12H,3-5,8,11H2,1-2H3,(H2,15,16,17). The molecule has 3 nitrogen and oxygen atoms in total. The highest BCUT2D eigenvalue weighted by Crippen LogP contribution is 2.35. The van der Waals surface area contributed by atoms with Crippen molar-refractivity contribution in [1.29, 1.82) is 0 Å². The average molecular weight is 270 g/mol. The second-order valence-electron chi connectivity index (χ2n) is 4.79. The van der Waals surface area contributed by atoms with Crippen LogP contribution >= 0.6 is 7.60 Å². The quantitative estimate of drug-likeness (QED) is 0.748. The molecule has 0 heterocycles. The molecule has 0 spiro atoms. The van der Waals surface area contributed by atoms with Crippen molar-refractivity contribution in [2.45, 2.75) is 46.0 Å². The zero-order valence-corrected chi connectivity index (χ0v) is 12.1. The summed E-state index contributed by atoms with van der Waals surface area (Å²) < 4.78 is 11.4. The van der Waals surface area contributed by atoms with E-state index in [1.807, 2.05) is 12.1 Å². The lowest BCUT2D eigenvalue weighted by Crippen LogP contribution is -2.14. The highest BCUT2D eigenvalue weighted by molar-refractivity contribution is 7.60. The summed E-state index contributed by atoms with van der Waals surface area (Å²) >= 11 is 0. The molecular weight excluding hydrogens is 247 g/mol. The summed E-state index contributed by atoms with van der Waals surface area (Å²) in [5, 5.41) is 0.194. The molecule has 2 N–H and O–H groups in total. The SMILES string of the molecule is CCCCC(CC)Cc1ccccc1P(=O)(O)O. The van der Waals surface area contributed by atoms with Gasteiger partial charge < -0.3 is 9.79 Å². The van der Waals surface area contributed by atoms with E-state index < -0.39 is 7.60 Å². The van der Waals surface area contributed by atoms with E-state index in [4.69, 9.17) is 0 Å². The third kappa shape index (κ3) is 4.56. The van der Waals surface area contributed by atoms with Gasteiger partial charge in [-0.15, -0.1) is 0 Å². The van der Waals surface area contributed by atoms with Gasteiger partial charge in [-0.25, -0.2) is 0 Å². The minimum absolute atomic E-state index is 0.194. The van der Waals surface area contributed by atoms with Crippen LogP contribution in [0, 0.1) is 5.92 Å². The minimum Gasteiger partial charge on any atom is -0.321 e. The molecular formula is C14H23O3P. The van der Waals surface area contributed by atoms with Crippen molar-refractivity contribution in [2.75, 3.05) is 0 Å². The van der Waals surface area contributed by atoms with Crippen LogP contribution in [0.15, 0.2) is 24.3 Å². The Bertz CT molecular complexity index is 411. The minimum atomic E-state index is -4.15. The van der Waals surface area contributed by atoms with Crippen molar-refractivity contribution >= 4 is 12.9 Å². The molecule has 1 aromatic carbocycles. The normalized spacial score (nSPS) is 13.6. The first-order chi connectivity index (χ1) is 8.49.